The van der Waals surface area contributed by atoms with Gasteiger partial charge in [-0.05, 0) is 38.7 Å². The average Bonchev–Trinajstić information content (AvgIpc) is 3.51. The van der Waals surface area contributed by atoms with Gasteiger partial charge in [-0.3, -0.25) is 14.6 Å². The molecule has 1 saturated carbocycles. The van der Waals surface area contributed by atoms with Gasteiger partial charge in [-0.1, -0.05) is 0 Å². The highest BCUT2D eigenvalue weighted by Crippen LogP contribution is 2.36. The molecule has 0 aromatic carbocycles. The van der Waals surface area contributed by atoms with E-state index in [1.54, 1.807) is 20.2 Å². The summed E-state index contributed by atoms with van der Waals surface area (Å²) in [5, 5.41) is 17.2. The highest BCUT2D eigenvalue weighted by atomic mass is 16.6. The molecule has 11 nitrogen and oxygen atoms in total. The lowest BCUT2D eigenvalue weighted by atomic mass is 10.0. The fraction of sp³-hybridized carbons (Fsp3) is 0.619. The smallest absolute Gasteiger partial charge is 0.407 e. The van der Waals surface area contributed by atoms with Crippen molar-refractivity contribution < 1.29 is 23.8 Å². The van der Waals surface area contributed by atoms with Crippen molar-refractivity contribution in [3.63, 3.8) is 0 Å². The van der Waals surface area contributed by atoms with Crippen molar-refractivity contribution in [1.29, 1.82) is 0 Å². The average molecular weight is 447 g/mol. The molecule has 2 aromatic heterocycles. The van der Waals surface area contributed by atoms with Gasteiger partial charge in [0.1, 0.15) is 11.8 Å². The van der Waals surface area contributed by atoms with E-state index in [1.165, 1.54) is 4.68 Å². The molecule has 3 N–H and O–H groups in total. The number of hydrogen-bond acceptors (Lipinski definition) is 7. The minimum Gasteiger partial charge on any atom is -0.446 e. The maximum absolute atomic E-state index is 12.6. The predicted octanol–water partition coefficient (Wildman–Crippen LogP) is 2.08. The maximum atomic E-state index is 12.6. The maximum Gasteiger partial charge on any atom is 0.407 e. The Morgan fingerprint density at radius 3 is 2.97 bits per heavy atom. The third-order valence-corrected chi connectivity index (χ3v) is 6.02. The van der Waals surface area contributed by atoms with E-state index in [2.05, 4.69) is 25.9 Å². The number of carbonyl (C=O) groups excluding carboxylic acids is 2. The molecule has 0 radical (unpaired) electrons. The van der Waals surface area contributed by atoms with Gasteiger partial charge in [0.2, 0.25) is 0 Å². The Morgan fingerprint density at radius 1 is 1.38 bits per heavy atom. The number of methoxy groups -OCH3 is 1. The molecule has 3 atom stereocenters. The number of aromatic nitrogens is 4. The van der Waals surface area contributed by atoms with E-state index in [9.17, 15) is 9.59 Å². The number of H-pyrrole nitrogens is 1. The Bertz CT molecular complexity index is 964. The number of nitrogens with one attached hydrogen (secondary N) is 3. The summed E-state index contributed by atoms with van der Waals surface area (Å²) in [7, 11) is 3.29. The lowest BCUT2D eigenvalue weighted by Gasteiger charge is -2.24. The fourth-order valence-electron chi connectivity index (χ4n) is 4.27. The van der Waals surface area contributed by atoms with Gasteiger partial charge in [-0.15, -0.1) is 0 Å². The van der Waals surface area contributed by atoms with Crippen LogP contribution in [0.25, 0.3) is 0 Å². The summed E-state index contributed by atoms with van der Waals surface area (Å²) in [6.07, 6.45) is 2.59. The third-order valence-electron chi connectivity index (χ3n) is 6.02. The molecule has 11 heteroatoms. The molecule has 174 valence electrons. The zero-order valence-corrected chi connectivity index (χ0v) is 18.6. The van der Waals surface area contributed by atoms with Gasteiger partial charge in [-0.2, -0.15) is 10.2 Å². The number of nitrogens with zero attached hydrogens (tertiary/aromatic N) is 3. The number of aromatic amines is 1. The molecule has 2 aromatic rings. The van der Waals surface area contributed by atoms with Crippen LogP contribution in [-0.2, 0) is 27.9 Å². The van der Waals surface area contributed by atoms with E-state index < -0.39 is 6.09 Å². The van der Waals surface area contributed by atoms with E-state index >= 15 is 0 Å². The monoisotopic (exact) mass is 446 g/mol. The standard InChI is InChI=1S/C21H30N6O5/c1-21(6-7-31-12-21)23-20(29)32-15-5-4-13(8-15)16-10-18(25-24-16)22-19(28)17-9-14(11-30-3)26-27(17)2/h9-10,13,15H,4-8,11-12H2,1-3H3,(H,23,29)(H2,22,24,25,28)/t13-,15+,21?/m0/s1. The molecular weight excluding hydrogens is 416 g/mol. The molecule has 3 heterocycles. The van der Waals surface area contributed by atoms with Crippen LogP contribution in [0, 0.1) is 0 Å². The molecule has 4 rings (SSSR count). The topological polar surface area (TPSA) is 132 Å². The highest BCUT2D eigenvalue weighted by Gasteiger charge is 2.34. The van der Waals surface area contributed by atoms with E-state index in [1.807, 2.05) is 13.0 Å². The molecule has 1 aliphatic carbocycles. The summed E-state index contributed by atoms with van der Waals surface area (Å²) in [5.74, 6) is 0.325. The molecule has 32 heavy (non-hydrogen) atoms. The summed E-state index contributed by atoms with van der Waals surface area (Å²) < 4.78 is 17.6. The molecule has 1 unspecified atom stereocenters. The molecule has 1 saturated heterocycles. The number of ether oxygens (including phenoxy) is 3. The zero-order valence-electron chi connectivity index (χ0n) is 18.6. The zero-order chi connectivity index (χ0) is 22.7. The second kappa shape index (κ2) is 9.29. The van der Waals surface area contributed by atoms with Gasteiger partial charge in [0, 0.05) is 38.4 Å². The number of carbonyl (C=O) groups is 2. The lowest BCUT2D eigenvalue weighted by Crippen LogP contribution is -2.47. The number of amides is 2. The van der Waals surface area contributed by atoms with Crippen LogP contribution in [0.4, 0.5) is 10.6 Å². The van der Waals surface area contributed by atoms with Crippen LogP contribution in [0.3, 0.4) is 0 Å². The summed E-state index contributed by atoms with van der Waals surface area (Å²) in [6.45, 7) is 3.45. The van der Waals surface area contributed by atoms with Gasteiger partial charge in [0.25, 0.3) is 5.91 Å². The first-order chi connectivity index (χ1) is 15.3. The van der Waals surface area contributed by atoms with Crippen LogP contribution in [-0.4, -0.2) is 63.9 Å². The van der Waals surface area contributed by atoms with Crippen molar-refractivity contribution in [2.45, 2.75) is 56.8 Å². The summed E-state index contributed by atoms with van der Waals surface area (Å²) >= 11 is 0. The Labute approximate surface area is 186 Å². The van der Waals surface area contributed by atoms with Gasteiger partial charge in [0.15, 0.2) is 5.82 Å². The summed E-state index contributed by atoms with van der Waals surface area (Å²) in [6, 6.07) is 3.52. The second-order valence-corrected chi connectivity index (χ2v) is 8.77. The van der Waals surface area contributed by atoms with Gasteiger partial charge < -0.3 is 24.8 Å². The molecule has 0 bridgehead atoms. The molecule has 0 spiro atoms. The number of hydrogen-bond donors (Lipinski definition) is 3. The van der Waals surface area contributed by atoms with E-state index in [4.69, 9.17) is 14.2 Å². The lowest BCUT2D eigenvalue weighted by molar-refractivity contribution is 0.0882. The SMILES string of the molecule is COCc1cc(C(=O)Nc2cc([C@H]3CC[C@@H](OC(=O)NC4(C)CCOC4)C3)[nH]n2)n(C)n1. The molecule has 2 fully saturated rings. The molecule has 2 amide bonds. The Balaban J connectivity index is 1.29. The third kappa shape index (κ3) is 5.10. The predicted molar refractivity (Wildman–Crippen MR) is 114 cm³/mol. The summed E-state index contributed by atoms with van der Waals surface area (Å²) in [5.41, 5.74) is 1.65. The minimum atomic E-state index is -0.398. The number of aryl methyl sites for hydroxylation is 1. The minimum absolute atomic E-state index is 0.152. The quantitative estimate of drug-likeness (QED) is 0.593. The van der Waals surface area contributed by atoms with Crippen molar-refractivity contribution in [1.82, 2.24) is 25.3 Å². The molecular formula is C21H30N6O5. The number of alkyl carbamates (subject to hydrolysis) is 1. The van der Waals surface area contributed by atoms with Crippen LogP contribution in [0.2, 0.25) is 0 Å². The first-order valence-electron chi connectivity index (χ1n) is 10.8. The van der Waals surface area contributed by atoms with Gasteiger partial charge >= 0.3 is 6.09 Å². The van der Waals surface area contributed by atoms with E-state index in [0.29, 0.717) is 43.4 Å². The highest BCUT2D eigenvalue weighted by molar-refractivity contribution is 6.02. The number of anilines is 1. The fourth-order valence-corrected chi connectivity index (χ4v) is 4.27. The largest absolute Gasteiger partial charge is 0.446 e. The Hall–Kier alpha value is -2.92. The second-order valence-electron chi connectivity index (χ2n) is 8.77. The number of rotatable bonds is 7. The van der Waals surface area contributed by atoms with Crippen LogP contribution >= 0.6 is 0 Å². The van der Waals surface area contributed by atoms with Gasteiger partial charge in [0.05, 0.1) is 24.4 Å². The van der Waals surface area contributed by atoms with Crippen molar-refractivity contribution in [3.05, 3.63) is 29.2 Å². The molecule has 2 aliphatic rings. The van der Waals surface area contributed by atoms with E-state index in [0.717, 1.165) is 25.0 Å². The molecule has 1 aliphatic heterocycles. The van der Waals surface area contributed by atoms with Crippen molar-refractivity contribution in [2.24, 2.45) is 7.05 Å². The van der Waals surface area contributed by atoms with Crippen molar-refractivity contribution >= 4 is 17.8 Å². The first kappa shape index (κ1) is 22.3. The van der Waals surface area contributed by atoms with Crippen molar-refractivity contribution in [3.8, 4) is 0 Å². The first-order valence-corrected chi connectivity index (χ1v) is 10.8. The Kier molecular flexibility index (Phi) is 6.47. The van der Waals surface area contributed by atoms with Crippen molar-refractivity contribution in [2.75, 3.05) is 25.6 Å². The van der Waals surface area contributed by atoms with Crippen LogP contribution in [0.15, 0.2) is 12.1 Å². The van der Waals surface area contributed by atoms with Crippen LogP contribution < -0.4 is 10.6 Å². The van der Waals surface area contributed by atoms with E-state index in [-0.39, 0.29) is 23.5 Å². The summed E-state index contributed by atoms with van der Waals surface area (Å²) in [4.78, 5) is 24.8. The normalized spacial score (nSPS) is 25.1. The van der Waals surface area contributed by atoms with Crippen LogP contribution in [0.5, 0.6) is 0 Å². The van der Waals surface area contributed by atoms with Gasteiger partial charge in [-0.25, -0.2) is 4.79 Å². The Morgan fingerprint density at radius 2 is 2.22 bits per heavy atom. The van der Waals surface area contributed by atoms with Crippen LogP contribution in [0.1, 0.15) is 60.4 Å².